The zero-order valence-corrected chi connectivity index (χ0v) is 10.5. The normalized spacial score (nSPS) is 11.5. The Hall–Kier alpha value is -1.24. The largest absolute Gasteiger partial charge is 0.132 e. The van der Waals surface area contributed by atoms with E-state index in [4.69, 9.17) is 23.2 Å². The first-order valence-corrected chi connectivity index (χ1v) is 6.32. The molecule has 0 aliphatic rings. The predicted molar refractivity (Wildman–Crippen MR) is 75.9 cm³/mol. The van der Waals surface area contributed by atoms with Gasteiger partial charge in [-0.2, -0.15) is 0 Å². The van der Waals surface area contributed by atoms with E-state index in [1.54, 1.807) is 0 Å². The minimum absolute atomic E-state index is 0.467. The Labute approximate surface area is 110 Å². The third-order valence-electron chi connectivity index (χ3n) is 2.98. The van der Waals surface area contributed by atoms with Crippen molar-refractivity contribution in [3.05, 3.63) is 60.2 Å². The minimum Gasteiger partial charge on any atom is -0.100 e. The maximum Gasteiger partial charge on any atom is 0.132 e. The van der Waals surface area contributed by atoms with Gasteiger partial charge in [0.1, 0.15) is 4.84 Å². The van der Waals surface area contributed by atoms with Crippen molar-refractivity contribution in [2.45, 2.75) is 4.84 Å². The molecule has 0 atom stereocenters. The molecule has 0 unspecified atom stereocenters. The summed E-state index contributed by atoms with van der Waals surface area (Å²) in [6, 6.07) is 18.8. The Balaban J connectivity index is 2.32. The molecule has 17 heavy (non-hydrogen) atoms. The fourth-order valence-corrected chi connectivity index (χ4v) is 2.37. The van der Waals surface area contributed by atoms with Gasteiger partial charge in [0.2, 0.25) is 0 Å². The van der Waals surface area contributed by atoms with E-state index < -0.39 is 4.84 Å². The third kappa shape index (κ3) is 1.99. The van der Waals surface area contributed by atoms with Gasteiger partial charge in [-0.15, -0.1) is 23.2 Å². The molecule has 0 N–H and O–H groups in total. The summed E-state index contributed by atoms with van der Waals surface area (Å²) in [6.07, 6.45) is 0. The quantitative estimate of drug-likeness (QED) is 0.402. The minimum atomic E-state index is -0.467. The Morgan fingerprint density at radius 1 is 0.647 bits per heavy atom. The van der Waals surface area contributed by atoms with Crippen LogP contribution in [-0.2, 0) is 0 Å². The van der Waals surface area contributed by atoms with E-state index in [-0.39, 0.29) is 0 Å². The number of benzene rings is 3. The van der Waals surface area contributed by atoms with Crippen LogP contribution in [0.5, 0.6) is 0 Å². The van der Waals surface area contributed by atoms with Crippen LogP contribution in [0.25, 0.3) is 21.5 Å². The summed E-state index contributed by atoms with van der Waals surface area (Å²) in [5.74, 6) is 0. The predicted octanol–water partition coefficient (Wildman–Crippen LogP) is 5.47. The van der Waals surface area contributed by atoms with Crippen molar-refractivity contribution in [2.75, 3.05) is 0 Å². The smallest absolute Gasteiger partial charge is 0.100 e. The number of alkyl halides is 2. The van der Waals surface area contributed by atoms with Crippen LogP contribution in [0.2, 0.25) is 0 Å². The van der Waals surface area contributed by atoms with Crippen molar-refractivity contribution in [1.82, 2.24) is 0 Å². The van der Waals surface area contributed by atoms with Crippen LogP contribution >= 0.6 is 23.2 Å². The molecule has 0 spiro atoms. The average molecular weight is 261 g/mol. The molecule has 0 saturated carbocycles. The first kappa shape index (κ1) is 10.9. The molecular formula is C15H10Cl2. The molecule has 3 aromatic rings. The van der Waals surface area contributed by atoms with Crippen molar-refractivity contribution in [1.29, 1.82) is 0 Å². The van der Waals surface area contributed by atoms with E-state index in [1.807, 2.05) is 18.2 Å². The summed E-state index contributed by atoms with van der Waals surface area (Å²) in [4.78, 5) is -0.467. The van der Waals surface area contributed by atoms with E-state index in [2.05, 4.69) is 36.4 Å². The standard InChI is InChI=1S/C15H10Cl2/c16-15(17)13-6-5-12-7-10-3-1-2-4-11(10)8-14(12)9-13/h1-9,15H. The summed E-state index contributed by atoms with van der Waals surface area (Å²) in [5.41, 5.74) is 0.941. The number of rotatable bonds is 1. The molecule has 0 aliphatic heterocycles. The van der Waals surface area contributed by atoms with Crippen molar-refractivity contribution >= 4 is 44.7 Å². The molecule has 0 nitrogen and oxygen atoms in total. The van der Waals surface area contributed by atoms with Gasteiger partial charge in [-0.25, -0.2) is 0 Å². The van der Waals surface area contributed by atoms with E-state index >= 15 is 0 Å². The molecule has 2 heteroatoms. The molecule has 0 fully saturated rings. The van der Waals surface area contributed by atoms with Crippen LogP contribution in [-0.4, -0.2) is 0 Å². The molecule has 0 saturated heterocycles. The number of halogens is 2. The highest BCUT2D eigenvalue weighted by Gasteiger charge is 2.04. The molecule has 0 radical (unpaired) electrons. The van der Waals surface area contributed by atoms with Crippen molar-refractivity contribution in [3.8, 4) is 0 Å². The van der Waals surface area contributed by atoms with Gasteiger partial charge in [-0.05, 0) is 45.3 Å². The molecule has 0 amide bonds. The van der Waals surface area contributed by atoms with Gasteiger partial charge in [0.15, 0.2) is 0 Å². The van der Waals surface area contributed by atoms with Crippen LogP contribution in [0.15, 0.2) is 54.6 Å². The van der Waals surface area contributed by atoms with Gasteiger partial charge in [0, 0.05) is 0 Å². The maximum absolute atomic E-state index is 5.89. The van der Waals surface area contributed by atoms with E-state index in [0.29, 0.717) is 0 Å². The number of hydrogen-bond donors (Lipinski definition) is 0. The third-order valence-corrected chi connectivity index (χ3v) is 3.48. The summed E-state index contributed by atoms with van der Waals surface area (Å²) < 4.78 is 0. The van der Waals surface area contributed by atoms with Gasteiger partial charge in [-0.3, -0.25) is 0 Å². The maximum atomic E-state index is 5.89. The monoisotopic (exact) mass is 260 g/mol. The summed E-state index contributed by atoms with van der Waals surface area (Å²) in [7, 11) is 0. The van der Waals surface area contributed by atoms with Gasteiger partial charge < -0.3 is 0 Å². The lowest BCUT2D eigenvalue weighted by Gasteiger charge is -2.06. The first-order valence-electron chi connectivity index (χ1n) is 5.45. The Bertz CT molecular complexity index is 687. The molecular weight excluding hydrogens is 251 g/mol. The molecule has 0 aliphatic carbocycles. The lowest BCUT2D eigenvalue weighted by Crippen LogP contribution is -1.82. The lowest BCUT2D eigenvalue weighted by atomic mass is 10.0. The highest BCUT2D eigenvalue weighted by atomic mass is 35.5. The molecule has 84 valence electrons. The Morgan fingerprint density at radius 3 is 1.88 bits per heavy atom. The van der Waals surface area contributed by atoms with Crippen LogP contribution in [0, 0.1) is 0 Å². The second-order valence-corrected chi connectivity index (χ2v) is 5.20. The van der Waals surface area contributed by atoms with Crippen molar-refractivity contribution in [2.24, 2.45) is 0 Å². The van der Waals surface area contributed by atoms with E-state index in [9.17, 15) is 0 Å². The van der Waals surface area contributed by atoms with Gasteiger partial charge >= 0.3 is 0 Å². The average Bonchev–Trinajstić information content (AvgIpc) is 2.35. The summed E-state index contributed by atoms with van der Waals surface area (Å²) >= 11 is 11.8. The van der Waals surface area contributed by atoms with Gasteiger partial charge in [0.05, 0.1) is 0 Å². The fraction of sp³-hybridized carbons (Fsp3) is 0.0667. The molecule has 0 heterocycles. The molecule has 0 bridgehead atoms. The topological polar surface area (TPSA) is 0 Å². The molecule has 3 aromatic carbocycles. The lowest BCUT2D eigenvalue weighted by molar-refractivity contribution is 1.37. The van der Waals surface area contributed by atoms with Crippen molar-refractivity contribution < 1.29 is 0 Å². The van der Waals surface area contributed by atoms with Crippen LogP contribution < -0.4 is 0 Å². The van der Waals surface area contributed by atoms with Crippen LogP contribution in [0.1, 0.15) is 10.4 Å². The molecule has 3 rings (SSSR count). The van der Waals surface area contributed by atoms with Crippen molar-refractivity contribution in [3.63, 3.8) is 0 Å². The zero-order chi connectivity index (χ0) is 11.8. The van der Waals surface area contributed by atoms with E-state index in [0.717, 1.165) is 5.56 Å². The zero-order valence-electron chi connectivity index (χ0n) is 9.03. The van der Waals surface area contributed by atoms with Gasteiger partial charge in [0.25, 0.3) is 0 Å². The highest BCUT2D eigenvalue weighted by Crippen LogP contribution is 2.29. The fourth-order valence-electron chi connectivity index (χ4n) is 2.09. The Kier molecular flexibility index (Phi) is 2.70. The number of hydrogen-bond acceptors (Lipinski definition) is 0. The van der Waals surface area contributed by atoms with Crippen LogP contribution in [0.3, 0.4) is 0 Å². The second kappa shape index (κ2) is 4.21. The Morgan fingerprint density at radius 2 is 1.24 bits per heavy atom. The SMILES string of the molecule is ClC(Cl)c1ccc2cc3ccccc3cc2c1. The number of fused-ring (bicyclic) bond motifs is 2. The summed E-state index contributed by atoms with van der Waals surface area (Å²) in [5, 5.41) is 4.87. The van der Waals surface area contributed by atoms with Crippen LogP contribution in [0.4, 0.5) is 0 Å². The van der Waals surface area contributed by atoms with E-state index in [1.165, 1.54) is 21.5 Å². The summed E-state index contributed by atoms with van der Waals surface area (Å²) in [6.45, 7) is 0. The first-order chi connectivity index (χ1) is 8.24. The van der Waals surface area contributed by atoms with Gasteiger partial charge in [-0.1, -0.05) is 36.4 Å². The molecule has 0 aromatic heterocycles. The second-order valence-electron chi connectivity index (χ2n) is 4.11. The highest BCUT2D eigenvalue weighted by molar-refractivity contribution is 6.44.